The van der Waals surface area contributed by atoms with Gasteiger partial charge in [0.25, 0.3) is 0 Å². The van der Waals surface area contributed by atoms with Crippen molar-refractivity contribution >= 4 is 15.9 Å². The van der Waals surface area contributed by atoms with Crippen molar-refractivity contribution in [1.82, 2.24) is 14.8 Å². The van der Waals surface area contributed by atoms with Gasteiger partial charge in [-0.2, -0.15) is 5.10 Å². The number of aryl methyl sites for hydroxylation is 2. The van der Waals surface area contributed by atoms with E-state index in [0.717, 1.165) is 28.1 Å². The van der Waals surface area contributed by atoms with E-state index in [4.69, 9.17) is 0 Å². The van der Waals surface area contributed by atoms with E-state index in [-0.39, 0.29) is 0 Å². The minimum absolute atomic E-state index is 0.865. The lowest BCUT2D eigenvalue weighted by Gasteiger charge is -1.98. The molecule has 78 valence electrons. The number of hydrogen-bond acceptors (Lipinski definition) is 2. The molecule has 2 heterocycles. The summed E-state index contributed by atoms with van der Waals surface area (Å²) in [6.45, 7) is 4.91. The number of aromatic nitrogens is 3. The van der Waals surface area contributed by atoms with Gasteiger partial charge in [0.1, 0.15) is 5.69 Å². The molecule has 0 aliphatic heterocycles. The number of rotatable bonds is 2. The largest absolute Gasteiger partial charge is 0.271 e. The fourth-order valence-electron chi connectivity index (χ4n) is 1.41. The Bertz CT molecular complexity index is 476. The van der Waals surface area contributed by atoms with Crippen LogP contribution in [0.1, 0.15) is 12.6 Å². The SMILES string of the molecule is CCn1cc(Br)c(-c2cccc(C)n2)n1. The number of nitrogens with zero attached hydrogens (tertiary/aromatic N) is 3. The molecule has 0 atom stereocenters. The molecule has 3 nitrogen and oxygen atoms in total. The molecule has 0 aliphatic rings. The lowest BCUT2D eigenvalue weighted by molar-refractivity contribution is 0.661. The molecule has 0 N–H and O–H groups in total. The molecule has 15 heavy (non-hydrogen) atoms. The van der Waals surface area contributed by atoms with Crippen LogP contribution in [0.25, 0.3) is 11.4 Å². The highest BCUT2D eigenvalue weighted by molar-refractivity contribution is 9.10. The van der Waals surface area contributed by atoms with Crippen molar-refractivity contribution in [1.29, 1.82) is 0 Å². The van der Waals surface area contributed by atoms with Crippen LogP contribution in [0.4, 0.5) is 0 Å². The highest BCUT2D eigenvalue weighted by Gasteiger charge is 2.09. The smallest absolute Gasteiger partial charge is 0.125 e. The van der Waals surface area contributed by atoms with E-state index >= 15 is 0 Å². The third-order valence-corrected chi connectivity index (χ3v) is 2.75. The van der Waals surface area contributed by atoms with Crippen LogP contribution in [0.3, 0.4) is 0 Å². The summed E-state index contributed by atoms with van der Waals surface area (Å²) in [5, 5.41) is 4.45. The molecule has 0 aromatic carbocycles. The van der Waals surface area contributed by atoms with Crippen molar-refractivity contribution in [2.24, 2.45) is 0 Å². The molecular weight excluding hydrogens is 254 g/mol. The Labute approximate surface area is 97.3 Å². The Balaban J connectivity index is 2.48. The third kappa shape index (κ3) is 2.09. The van der Waals surface area contributed by atoms with Gasteiger partial charge < -0.3 is 0 Å². The summed E-state index contributed by atoms with van der Waals surface area (Å²) < 4.78 is 2.88. The summed E-state index contributed by atoms with van der Waals surface area (Å²) in [6.07, 6.45) is 1.97. The summed E-state index contributed by atoms with van der Waals surface area (Å²) in [6, 6.07) is 5.95. The Hall–Kier alpha value is -1.16. The second-order valence-electron chi connectivity index (χ2n) is 3.35. The zero-order valence-electron chi connectivity index (χ0n) is 8.74. The van der Waals surface area contributed by atoms with Crippen molar-refractivity contribution in [2.45, 2.75) is 20.4 Å². The first-order valence-electron chi connectivity index (χ1n) is 4.87. The fraction of sp³-hybridized carbons (Fsp3) is 0.273. The van der Waals surface area contributed by atoms with Crippen LogP contribution in [0.2, 0.25) is 0 Å². The van der Waals surface area contributed by atoms with E-state index < -0.39 is 0 Å². The van der Waals surface area contributed by atoms with Crippen LogP contribution in [0.5, 0.6) is 0 Å². The molecule has 4 heteroatoms. The maximum absolute atomic E-state index is 4.45. The van der Waals surface area contributed by atoms with Crippen LogP contribution in [0, 0.1) is 6.92 Å². The average molecular weight is 266 g/mol. The Morgan fingerprint density at radius 2 is 2.20 bits per heavy atom. The highest BCUT2D eigenvalue weighted by atomic mass is 79.9. The molecule has 0 aliphatic carbocycles. The van der Waals surface area contributed by atoms with Gasteiger partial charge in [-0.3, -0.25) is 9.67 Å². The van der Waals surface area contributed by atoms with E-state index in [1.165, 1.54) is 0 Å². The number of pyridine rings is 1. The van der Waals surface area contributed by atoms with Crippen molar-refractivity contribution in [3.8, 4) is 11.4 Å². The van der Waals surface area contributed by atoms with E-state index in [9.17, 15) is 0 Å². The van der Waals surface area contributed by atoms with Gasteiger partial charge in [-0.1, -0.05) is 6.07 Å². The molecule has 0 spiro atoms. The number of hydrogen-bond donors (Lipinski definition) is 0. The molecule has 0 saturated carbocycles. The Morgan fingerprint density at radius 3 is 2.80 bits per heavy atom. The van der Waals surface area contributed by atoms with Gasteiger partial charge >= 0.3 is 0 Å². The van der Waals surface area contributed by atoms with Crippen molar-refractivity contribution in [2.75, 3.05) is 0 Å². The quantitative estimate of drug-likeness (QED) is 0.836. The van der Waals surface area contributed by atoms with Crippen LogP contribution in [-0.2, 0) is 6.54 Å². The molecule has 0 radical (unpaired) electrons. The summed E-state index contributed by atoms with van der Waals surface area (Å²) in [5.41, 5.74) is 2.82. The zero-order chi connectivity index (χ0) is 10.8. The predicted molar refractivity (Wildman–Crippen MR) is 63.6 cm³/mol. The van der Waals surface area contributed by atoms with Gasteiger partial charge in [0, 0.05) is 18.4 Å². The van der Waals surface area contributed by atoms with Gasteiger partial charge in [0.15, 0.2) is 0 Å². The summed E-state index contributed by atoms with van der Waals surface area (Å²) >= 11 is 3.50. The molecule has 0 amide bonds. The second-order valence-corrected chi connectivity index (χ2v) is 4.20. The molecule has 0 fully saturated rings. The Kier molecular flexibility index (Phi) is 2.86. The molecule has 2 rings (SSSR count). The Morgan fingerprint density at radius 1 is 1.40 bits per heavy atom. The van der Waals surface area contributed by atoms with Gasteiger partial charge in [0.05, 0.1) is 10.2 Å². The summed E-state index contributed by atoms with van der Waals surface area (Å²) in [5.74, 6) is 0. The first kappa shape index (κ1) is 10.4. The van der Waals surface area contributed by atoms with E-state index in [2.05, 4.69) is 32.9 Å². The summed E-state index contributed by atoms with van der Waals surface area (Å²) in [4.78, 5) is 4.45. The lowest BCUT2D eigenvalue weighted by Crippen LogP contribution is -1.94. The van der Waals surface area contributed by atoms with Crippen LogP contribution >= 0.6 is 15.9 Å². The lowest BCUT2D eigenvalue weighted by atomic mass is 10.2. The molecule has 2 aromatic rings. The second kappa shape index (κ2) is 4.14. The zero-order valence-corrected chi connectivity index (χ0v) is 10.3. The van der Waals surface area contributed by atoms with E-state index in [0.29, 0.717) is 0 Å². The van der Waals surface area contributed by atoms with Gasteiger partial charge in [-0.05, 0) is 41.9 Å². The molecular formula is C11H12BrN3. The highest BCUT2D eigenvalue weighted by Crippen LogP contribution is 2.24. The van der Waals surface area contributed by atoms with Gasteiger partial charge in [-0.25, -0.2) is 0 Å². The van der Waals surface area contributed by atoms with Crippen LogP contribution in [-0.4, -0.2) is 14.8 Å². The molecule has 0 bridgehead atoms. The van der Waals surface area contributed by atoms with E-state index in [1.54, 1.807) is 0 Å². The standard InChI is InChI=1S/C11H12BrN3/c1-3-15-7-9(12)11(14-15)10-6-4-5-8(2)13-10/h4-7H,3H2,1-2H3. The first-order valence-corrected chi connectivity index (χ1v) is 5.67. The predicted octanol–water partition coefficient (Wildman–Crippen LogP) is 3.04. The van der Waals surface area contributed by atoms with Crippen molar-refractivity contribution in [3.63, 3.8) is 0 Å². The third-order valence-electron chi connectivity index (χ3n) is 2.17. The van der Waals surface area contributed by atoms with Gasteiger partial charge in [0.2, 0.25) is 0 Å². The average Bonchev–Trinajstić information content (AvgIpc) is 2.60. The summed E-state index contributed by atoms with van der Waals surface area (Å²) in [7, 11) is 0. The maximum Gasteiger partial charge on any atom is 0.125 e. The van der Waals surface area contributed by atoms with Crippen molar-refractivity contribution < 1.29 is 0 Å². The fourth-order valence-corrected chi connectivity index (χ4v) is 1.93. The topological polar surface area (TPSA) is 30.7 Å². The molecule has 2 aromatic heterocycles. The van der Waals surface area contributed by atoms with Crippen LogP contribution in [0.15, 0.2) is 28.9 Å². The number of halogens is 1. The van der Waals surface area contributed by atoms with Gasteiger partial charge in [-0.15, -0.1) is 0 Å². The van der Waals surface area contributed by atoms with Crippen molar-refractivity contribution in [3.05, 3.63) is 34.6 Å². The molecule has 0 unspecified atom stereocenters. The minimum Gasteiger partial charge on any atom is -0.271 e. The first-order chi connectivity index (χ1) is 7.20. The van der Waals surface area contributed by atoms with Crippen LogP contribution < -0.4 is 0 Å². The molecule has 0 saturated heterocycles. The minimum atomic E-state index is 0.865. The maximum atomic E-state index is 4.45. The normalized spacial score (nSPS) is 10.6. The monoisotopic (exact) mass is 265 g/mol. The van der Waals surface area contributed by atoms with E-state index in [1.807, 2.05) is 36.0 Å².